The van der Waals surface area contributed by atoms with Crippen molar-refractivity contribution < 1.29 is 31.4 Å². The molecular weight excluding hydrogens is 322 g/mol. The minimum absolute atomic E-state index is 0.117. The third-order valence-corrected chi connectivity index (χ3v) is 6.63. The van der Waals surface area contributed by atoms with E-state index in [1.807, 2.05) is 0 Å². The Morgan fingerprint density at radius 1 is 0.826 bits per heavy atom. The molecular formula is C16H22F6O. The summed E-state index contributed by atoms with van der Waals surface area (Å²) in [6.07, 6.45) is -6.73. The molecule has 7 heteroatoms. The Morgan fingerprint density at radius 2 is 1.22 bits per heavy atom. The van der Waals surface area contributed by atoms with Gasteiger partial charge in [0.05, 0.1) is 0 Å². The second-order valence-corrected chi connectivity index (χ2v) is 7.99. The van der Waals surface area contributed by atoms with Gasteiger partial charge in [-0.05, 0) is 68.1 Å². The Hall–Kier alpha value is -0.460. The zero-order valence-corrected chi connectivity index (χ0v) is 12.9. The Morgan fingerprint density at radius 3 is 1.57 bits per heavy atom. The number of alkyl halides is 6. The summed E-state index contributed by atoms with van der Waals surface area (Å²) in [7, 11) is 0. The van der Waals surface area contributed by atoms with Crippen molar-refractivity contribution in [1.82, 2.24) is 0 Å². The van der Waals surface area contributed by atoms with Gasteiger partial charge in [0, 0.05) is 5.92 Å². The molecule has 4 saturated carbocycles. The van der Waals surface area contributed by atoms with Crippen LogP contribution in [0.1, 0.15) is 45.4 Å². The van der Waals surface area contributed by atoms with Gasteiger partial charge in [-0.25, -0.2) is 0 Å². The van der Waals surface area contributed by atoms with Crippen LogP contribution in [0.3, 0.4) is 0 Å². The van der Waals surface area contributed by atoms with Crippen molar-refractivity contribution in [3.63, 3.8) is 0 Å². The highest BCUT2D eigenvalue weighted by Gasteiger charge is 2.72. The third-order valence-electron chi connectivity index (χ3n) is 6.63. The quantitative estimate of drug-likeness (QED) is 0.719. The Kier molecular flexibility index (Phi) is 3.98. The highest BCUT2D eigenvalue weighted by Crippen LogP contribution is 2.59. The molecule has 0 aromatic rings. The summed E-state index contributed by atoms with van der Waals surface area (Å²) < 4.78 is 78.0. The van der Waals surface area contributed by atoms with Gasteiger partial charge in [0.1, 0.15) is 0 Å². The van der Waals surface area contributed by atoms with Crippen molar-refractivity contribution in [1.29, 1.82) is 0 Å². The fourth-order valence-corrected chi connectivity index (χ4v) is 5.72. The van der Waals surface area contributed by atoms with Crippen LogP contribution >= 0.6 is 0 Å². The van der Waals surface area contributed by atoms with Gasteiger partial charge in [-0.1, -0.05) is 6.92 Å². The fraction of sp³-hybridized carbons (Fsp3) is 1.00. The van der Waals surface area contributed by atoms with Gasteiger partial charge >= 0.3 is 12.4 Å². The molecule has 4 bridgehead atoms. The Labute approximate surface area is 131 Å². The Bertz CT molecular complexity index is 412. The van der Waals surface area contributed by atoms with Crippen LogP contribution in [0.15, 0.2) is 0 Å². The second kappa shape index (κ2) is 5.27. The molecule has 0 saturated heterocycles. The fourth-order valence-electron chi connectivity index (χ4n) is 5.72. The van der Waals surface area contributed by atoms with Gasteiger partial charge in [0.15, 0.2) is 0 Å². The first kappa shape index (κ1) is 17.4. The molecule has 0 unspecified atom stereocenters. The van der Waals surface area contributed by atoms with E-state index < -0.39 is 23.9 Å². The SMILES string of the molecule is C[C@@H](CC1C2CC3CC(C2)CC1C3)C(O)(C(F)(F)F)C(F)(F)F. The maximum Gasteiger partial charge on any atom is 0.426 e. The van der Waals surface area contributed by atoms with Crippen molar-refractivity contribution in [2.45, 2.75) is 63.4 Å². The molecule has 1 N–H and O–H groups in total. The summed E-state index contributed by atoms with van der Waals surface area (Å²) in [6.45, 7) is 0.895. The van der Waals surface area contributed by atoms with E-state index in [0.29, 0.717) is 11.8 Å². The summed E-state index contributed by atoms with van der Waals surface area (Å²) in [5.41, 5.74) is -4.62. The van der Waals surface area contributed by atoms with E-state index >= 15 is 0 Å². The molecule has 0 aromatic heterocycles. The molecule has 0 aromatic carbocycles. The summed E-state index contributed by atoms with van der Waals surface area (Å²) in [4.78, 5) is 0. The molecule has 0 amide bonds. The Balaban J connectivity index is 1.79. The zero-order chi connectivity index (χ0) is 17.2. The highest BCUT2D eigenvalue weighted by atomic mass is 19.4. The van der Waals surface area contributed by atoms with Gasteiger partial charge in [-0.3, -0.25) is 0 Å². The largest absolute Gasteiger partial charge is 0.426 e. The zero-order valence-electron chi connectivity index (χ0n) is 12.9. The number of aliphatic hydroxyl groups is 1. The minimum atomic E-state index is -5.71. The third kappa shape index (κ3) is 2.67. The number of halogens is 6. The summed E-state index contributed by atoms with van der Waals surface area (Å²) in [5.74, 6) is -0.320. The summed E-state index contributed by atoms with van der Waals surface area (Å²) in [5, 5.41) is 9.56. The summed E-state index contributed by atoms with van der Waals surface area (Å²) >= 11 is 0. The predicted octanol–water partition coefficient (Wildman–Crippen LogP) is 4.94. The molecule has 4 aliphatic rings. The number of rotatable bonds is 3. The lowest BCUT2D eigenvalue weighted by molar-refractivity contribution is -0.385. The predicted molar refractivity (Wildman–Crippen MR) is 71.4 cm³/mol. The maximum absolute atomic E-state index is 13.0. The lowest BCUT2D eigenvalue weighted by atomic mass is 9.50. The van der Waals surface area contributed by atoms with Crippen LogP contribution in [-0.4, -0.2) is 23.1 Å². The molecule has 0 radical (unpaired) electrons. The van der Waals surface area contributed by atoms with E-state index in [1.165, 1.54) is 6.42 Å². The topological polar surface area (TPSA) is 20.2 Å². The first-order valence-corrected chi connectivity index (χ1v) is 8.29. The molecule has 1 nitrogen and oxygen atoms in total. The number of hydrogen-bond acceptors (Lipinski definition) is 1. The van der Waals surface area contributed by atoms with Crippen LogP contribution < -0.4 is 0 Å². The average molecular weight is 344 g/mol. The lowest BCUT2D eigenvalue weighted by Crippen LogP contribution is -2.61. The molecule has 23 heavy (non-hydrogen) atoms. The van der Waals surface area contributed by atoms with Crippen molar-refractivity contribution in [3.8, 4) is 0 Å². The van der Waals surface area contributed by atoms with Gasteiger partial charge < -0.3 is 5.11 Å². The van der Waals surface area contributed by atoms with E-state index in [4.69, 9.17) is 0 Å². The first-order chi connectivity index (χ1) is 10.4. The standard InChI is InChI=1S/C16H22F6O/c1-8(14(23,15(17,18)19)16(20,21)22)2-13-11-4-9-3-10(6-11)7-12(13)5-9/h8-13,23H,2-7H2,1H3/t8-,9?,10?,11?,12?,13?/m0/s1. The molecule has 4 rings (SSSR count). The normalized spacial score (nSPS) is 38.9. The maximum atomic E-state index is 13.0. The molecule has 0 heterocycles. The van der Waals surface area contributed by atoms with Gasteiger partial charge in [0.25, 0.3) is 5.60 Å². The van der Waals surface area contributed by atoms with E-state index in [2.05, 4.69) is 0 Å². The van der Waals surface area contributed by atoms with Crippen LogP contribution in [0.25, 0.3) is 0 Å². The minimum Gasteiger partial charge on any atom is -0.373 e. The van der Waals surface area contributed by atoms with Gasteiger partial charge in [0.2, 0.25) is 0 Å². The molecule has 134 valence electrons. The second-order valence-electron chi connectivity index (χ2n) is 7.99. The number of hydrogen-bond donors (Lipinski definition) is 1. The van der Waals surface area contributed by atoms with Crippen LogP contribution in [0.2, 0.25) is 0 Å². The van der Waals surface area contributed by atoms with Gasteiger partial charge in [-0.2, -0.15) is 26.3 Å². The molecule has 4 aliphatic carbocycles. The highest BCUT2D eigenvalue weighted by molar-refractivity contribution is 5.03. The van der Waals surface area contributed by atoms with Crippen molar-refractivity contribution in [2.75, 3.05) is 0 Å². The molecule has 1 atom stereocenters. The van der Waals surface area contributed by atoms with E-state index in [9.17, 15) is 31.4 Å². The van der Waals surface area contributed by atoms with Crippen LogP contribution in [0.4, 0.5) is 26.3 Å². The summed E-state index contributed by atoms with van der Waals surface area (Å²) in [6, 6.07) is 0. The van der Waals surface area contributed by atoms with E-state index in [0.717, 1.165) is 32.6 Å². The van der Waals surface area contributed by atoms with Crippen LogP contribution in [-0.2, 0) is 0 Å². The smallest absolute Gasteiger partial charge is 0.373 e. The monoisotopic (exact) mass is 344 g/mol. The van der Waals surface area contributed by atoms with Crippen molar-refractivity contribution >= 4 is 0 Å². The average Bonchev–Trinajstić information content (AvgIpc) is 2.38. The first-order valence-electron chi connectivity index (χ1n) is 8.29. The van der Waals surface area contributed by atoms with Crippen molar-refractivity contribution in [2.24, 2.45) is 35.5 Å². The van der Waals surface area contributed by atoms with Crippen LogP contribution in [0, 0.1) is 35.5 Å². The van der Waals surface area contributed by atoms with Gasteiger partial charge in [-0.15, -0.1) is 0 Å². The van der Waals surface area contributed by atoms with Crippen molar-refractivity contribution in [3.05, 3.63) is 0 Å². The van der Waals surface area contributed by atoms with E-state index in [-0.39, 0.29) is 24.2 Å². The molecule has 0 spiro atoms. The molecule has 4 fully saturated rings. The molecule has 0 aliphatic heterocycles. The lowest BCUT2D eigenvalue weighted by Gasteiger charge is -2.55. The van der Waals surface area contributed by atoms with E-state index in [1.54, 1.807) is 0 Å². The van der Waals surface area contributed by atoms with Crippen LogP contribution in [0.5, 0.6) is 0 Å².